The molecule has 0 atom stereocenters. The average Bonchev–Trinajstić information content (AvgIpc) is 3.10. The molecule has 124 valence electrons. The van der Waals surface area contributed by atoms with Crippen LogP contribution in [-0.2, 0) is 7.05 Å². The number of piperidine rings is 1. The summed E-state index contributed by atoms with van der Waals surface area (Å²) in [6.07, 6.45) is 2.34. The van der Waals surface area contributed by atoms with Crippen LogP contribution in [0.4, 0.5) is 6.01 Å². The predicted molar refractivity (Wildman–Crippen MR) is 90.8 cm³/mol. The molecular formula is C17H20N6O. The number of para-hydroxylation sites is 2. The maximum absolute atomic E-state index is 6.03. The van der Waals surface area contributed by atoms with Gasteiger partial charge in [0.2, 0.25) is 0 Å². The largest absolute Gasteiger partial charge is 0.400 e. The first-order valence-corrected chi connectivity index (χ1v) is 8.54. The lowest BCUT2D eigenvalue weighted by molar-refractivity contribution is 0.249. The maximum Gasteiger partial charge on any atom is 0.318 e. The van der Waals surface area contributed by atoms with E-state index >= 15 is 0 Å². The fraction of sp³-hybridized carbons (Fsp3) is 0.471. The summed E-state index contributed by atoms with van der Waals surface area (Å²) in [6.45, 7) is 4.37. The van der Waals surface area contributed by atoms with Gasteiger partial charge in [-0.2, -0.15) is 0 Å². The highest BCUT2D eigenvalue weighted by atomic mass is 16.4. The minimum absolute atomic E-state index is 0.489. The van der Waals surface area contributed by atoms with Crippen LogP contribution in [0.5, 0.6) is 0 Å². The number of nitrogens with zero attached hydrogens (tertiary/aromatic N) is 6. The Balaban J connectivity index is 1.51. The van der Waals surface area contributed by atoms with Crippen LogP contribution in [0.15, 0.2) is 28.7 Å². The fourth-order valence-corrected chi connectivity index (χ4v) is 3.90. The quantitative estimate of drug-likeness (QED) is 0.717. The van der Waals surface area contributed by atoms with E-state index in [2.05, 4.69) is 25.0 Å². The molecule has 6 rings (SSSR count). The molecule has 0 N–H and O–H groups in total. The molecule has 0 unspecified atom stereocenters. The third kappa shape index (κ3) is 2.11. The van der Waals surface area contributed by atoms with Gasteiger partial charge in [-0.1, -0.05) is 17.2 Å². The number of imidazole rings is 1. The highest BCUT2D eigenvalue weighted by Gasteiger charge is 2.32. The molecule has 2 bridgehead atoms. The molecule has 3 saturated heterocycles. The molecule has 7 heteroatoms. The van der Waals surface area contributed by atoms with E-state index in [1.807, 2.05) is 35.9 Å². The normalized spacial score (nSPS) is 23.8. The predicted octanol–water partition coefficient (Wildman–Crippen LogP) is 1.91. The Labute approximate surface area is 139 Å². The van der Waals surface area contributed by atoms with E-state index < -0.39 is 0 Å². The molecule has 2 aromatic heterocycles. The Kier molecular flexibility index (Phi) is 3.09. The van der Waals surface area contributed by atoms with Crippen molar-refractivity contribution in [2.75, 3.05) is 31.1 Å². The summed E-state index contributed by atoms with van der Waals surface area (Å²) < 4.78 is 8.03. The van der Waals surface area contributed by atoms with Crippen molar-refractivity contribution in [1.82, 2.24) is 24.6 Å². The second kappa shape index (κ2) is 5.31. The van der Waals surface area contributed by atoms with E-state index in [9.17, 15) is 0 Å². The minimum Gasteiger partial charge on any atom is -0.400 e. The standard InChI is InChI=1S/C17H20N6O/c1-21-14-5-3-2-4-13(14)18-15(21)16-19-20-17(24-16)23-11-10-22-8-6-12(23)7-9-22/h2-5,12H,6-11H2,1H3. The molecule has 1 aromatic carbocycles. The topological polar surface area (TPSA) is 63.2 Å². The van der Waals surface area contributed by atoms with Crippen LogP contribution < -0.4 is 4.90 Å². The summed E-state index contributed by atoms with van der Waals surface area (Å²) >= 11 is 0. The summed E-state index contributed by atoms with van der Waals surface area (Å²) in [5.41, 5.74) is 2.00. The zero-order chi connectivity index (χ0) is 16.1. The van der Waals surface area contributed by atoms with Crippen LogP contribution in [0.1, 0.15) is 12.8 Å². The van der Waals surface area contributed by atoms with Crippen molar-refractivity contribution in [3.63, 3.8) is 0 Å². The lowest BCUT2D eigenvalue weighted by Crippen LogP contribution is -2.38. The van der Waals surface area contributed by atoms with Crippen LogP contribution in [0.25, 0.3) is 22.7 Å². The minimum atomic E-state index is 0.489. The van der Waals surface area contributed by atoms with Crippen molar-refractivity contribution in [1.29, 1.82) is 0 Å². The zero-order valence-corrected chi connectivity index (χ0v) is 13.7. The van der Waals surface area contributed by atoms with Gasteiger partial charge < -0.3 is 18.8 Å². The zero-order valence-electron chi connectivity index (χ0n) is 13.7. The number of hydrogen-bond acceptors (Lipinski definition) is 6. The molecule has 0 radical (unpaired) electrons. The van der Waals surface area contributed by atoms with Gasteiger partial charge in [-0.25, -0.2) is 4.98 Å². The van der Waals surface area contributed by atoms with Gasteiger partial charge in [-0.05, 0) is 25.0 Å². The summed E-state index contributed by atoms with van der Waals surface area (Å²) in [5.74, 6) is 1.21. The average molecular weight is 324 g/mol. The number of fused-ring (bicyclic) bond motifs is 5. The van der Waals surface area contributed by atoms with Crippen molar-refractivity contribution in [2.45, 2.75) is 18.9 Å². The van der Waals surface area contributed by atoms with Gasteiger partial charge in [-0.3, -0.25) is 0 Å². The number of rotatable bonds is 2. The van der Waals surface area contributed by atoms with E-state index in [1.165, 1.54) is 25.9 Å². The molecule has 3 fully saturated rings. The second-order valence-electron chi connectivity index (χ2n) is 6.64. The molecule has 3 aliphatic rings. The molecule has 5 heterocycles. The van der Waals surface area contributed by atoms with E-state index in [-0.39, 0.29) is 0 Å². The van der Waals surface area contributed by atoms with Crippen molar-refractivity contribution < 1.29 is 4.42 Å². The Morgan fingerprint density at radius 3 is 2.71 bits per heavy atom. The smallest absolute Gasteiger partial charge is 0.318 e. The molecule has 7 nitrogen and oxygen atoms in total. The fourth-order valence-electron chi connectivity index (χ4n) is 3.90. The van der Waals surface area contributed by atoms with Gasteiger partial charge in [0, 0.05) is 39.3 Å². The van der Waals surface area contributed by atoms with Gasteiger partial charge in [0.15, 0.2) is 5.82 Å². The van der Waals surface area contributed by atoms with Gasteiger partial charge in [0.05, 0.1) is 11.0 Å². The van der Waals surface area contributed by atoms with E-state index in [0.29, 0.717) is 17.9 Å². The first-order valence-electron chi connectivity index (χ1n) is 8.54. The van der Waals surface area contributed by atoms with Crippen LogP contribution in [0.3, 0.4) is 0 Å². The van der Waals surface area contributed by atoms with E-state index in [0.717, 1.165) is 29.9 Å². The van der Waals surface area contributed by atoms with E-state index in [4.69, 9.17) is 4.42 Å². The summed E-state index contributed by atoms with van der Waals surface area (Å²) in [6, 6.07) is 9.18. The third-order valence-electron chi connectivity index (χ3n) is 5.29. The molecule has 0 saturated carbocycles. The van der Waals surface area contributed by atoms with Crippen molar-refractivity contribution >= 4 is 17.0 Å². The highest BCUT2D eigenvalue weighted by Crippen LogP contribution is 2.29. The van der Waals surface area contributed by atoms with E-state index in [1.54, 1.807) is 0 Å². The first kappa shape index (κ1) is 14.0. The van der Waals surface area contributed by atoms with Crippen molar-refractivity contribution in [2.24, 2.45) is 7.05 Å². The number of aryl methyl sites for hydroxylation is 1. The molecule has 3 aromatic rings. The molecule has 0 amide bonds. The first-order chi connectivity index (χ1) is 11.8. The molecular weight excluding hydrogens is 304 g/mol. The Morgan fingerprint density at radius 2 is 1.88 bits per heavy atom. The monoisotopic (exact) mass is 324 g/mol. The molecule has 24 heavy (non-hydrogen) atoms. The van der Waals surface area contributed by atoms with Gasteiger partial charge in [-0.15, -0.1) is 5.10 Å². The van der Waals surface area contributed by atoms with Gasteiger partial charge in [0.25, 0.3) is 5.89 Å². The third-order valence-corrected chi connectivity index (χ3v) is 5.29. The molecule has 3 aliphatic heterocycles. The van der Waals surface area contributed by atoms with Gasteiger partial charge in [0.1, 0.15) is 0 Å². The maximum atomic E-state index is 6.03. The lowest BCUT2D eigenvalue weighted by atomic mass is 10.1. The highest BCUT2D eigenvalue weighted by molar-refractivity contribution is 5.79. The second-order valence-corrected chi connectivity index (χ2v) is 6.64. The van der Waals surface area contributed by atoms with Crippen LogP contribution in [-0.4, -0.2) is 56.9 Å². The number of anilines is 1. The van der Waals surface area contributed by atoms with Gasteiger partial charge >= 0.3 is 6.01 Å². The summed E-state index contributed by atoms with van der Waals surface area (Å²) in [5, 5.41) is 8.60. The Bertz CT molecular complexity index is 876. The molecule has 0 aliphatic carbocycles. The van der Waals surface area contributed by atoms with Crippen LogP contribution in [0.2, 0.25) is 0 Å². The van der Waals surface area contributed by atoms with Crippen LogP contribution in [0, 0.1) is 0 Å². The Hall–Kier alpha value is -2.41. The number of hydrogen-bond donors (Lipinski definition) is 0. The SMILES string of the molecule is Cn1c(-c2nnc(N3CCN4CCC3CC4)o2)nc2ccccc21. The lowest BCUT2D eigenvalue weighted by Gasteiger charge is -2.29. The number of aromatic nitrogens is 4. The van der Waals surface area contributed by atoms with Crippen molar-refractivity contribution in [3.05, 3.63) is 24.3 Å². The summed E-state index contributed by atoms with van der Waals surface area (Å²) in [4.78, 5) is 9.44. The van der Waals surface area contributed by atoms with Crippen molar-refractivity contribution in [3.8, 4) is 11.7 Å². The Morgan fingerprint density at radius 1 is 1.04 bits per heavy atom. The van der Waals surface area contributed by atoms with Crippen LogP contribution >= 0.6 is 0 Å². The molecule has 0 spiro atoms. The number of benzene rings is 1. The summed E-state index contributed by atoms with van der Waals surface area (Å²) in [7, 11) is 1.98.